The third kappa shape index (κ3) is 5.15. The molecule has 36 heavy (non-hydrogen) atoms. The minimum atomic E-state index is -0.644. The van der Waals surface area contributed by atoms with Gasteiger partial charge in [-0.05, 0) is 56.7 Å². The van der Waals surface area contributed by atoms with Gasteiger partial charge in [0.05, 0.1) is 12.3 Å². The fraction of sp³-hybridized carbons (Fsp3) is 0.179. The topological polar surface area (TPSA) is 81.7 Å². The zero-order valence-corrected chi connectivity index (χ0v) is 20.5. The highest BCUT2D eigenvalue weighted by atomic mass is 16.6. The standard InChI is InChI=1S/C28H25N5O3/c1-28(2,3)36-27(35)32(5)20-10-8-11-21(17-20)33-18-19(25-30-14-9-15-31-25)16-23(26(33)34)22-12-6-7-13-24(22)29-4/h6-18H,1-3,5H3. The number of carbonyl (C=O) groups is 1. The number of ether oxygens (including phenoxy) is 1. The minimum Gasteiger partial charge on any atom is -0.443 e. The van der Waals surface area contributed by atoms with Gasteiger partial charge in [-0.2, -0.15) is 0 Å². The first kappa shape index (κ1) is 24.4. The lowest BCUT2D eigenvalue weighted by atomic mass is 10.0. The molecule has 2 aromatic heterocycles. The van der Waals surface area contributed by atoms with Gasteiger partial charge in [0.1, 0.15) is 5.60 Å². The molecule has 4 rings (SSSR count). The lowest BCUT2D eigenvalue weighted by molar-refractivity contribution is 0.0589. The molecule has 0 radical (unpaired) electrons. The molecule has 0 saturated heterocycles. The van der Waals surface area contributed by atoms with E-state index < -0.39 is 11.7 Å². The van der Waals surface area contributed by atoms with Crippen LogP contribution < -0.4 is 10.5 Å². The molecule has 0 spiro atoms. The van der Waals surface area contributed by atoms with Crippen LogP contribution in [0.2, 0.25) is 0 Å². The molecule has 0 N–H and O–H groups in total. The van der Waals surface area contributed by atoms with Gasteiger partial charge in [-0.25, -0.2) is 19.6 Å². The van der Waals surface area contributed by atoms with Crippen molar-refractivity contribution in [3.8, 4) is 28.2 Å². The van der Waals surface area contributed by atoms with E-state index in [1.165, 1.54) is 9.47 Å². The quantitative estimate of drug-likeness (QED) is 0.341. The van der Waals surface area contributed by atoms with Gasteiger partial charge in [-0.15, -0.1) is 0 Å². The van der Waals surface area contributed by atoms with Crippen molar-refractivity contribution in [1.82, 2.24) is 14.5 Å². The predicted molar refractivity (Wildman–Crippen MR) is 139 cm³/mol. The maximum Gasteiger partial charge on any atom is 0.414 e. The third-order valence-corrected chi connectivity index (χ3v) is 5.32. The molecular formula is C28H25N5O3. The van der Waals surface area contributed by atoms with Gasteiger partial charge in [-0.3, -0.25) is 14.3 Å². The molecule has 2 heterocycles. The summed E-state index contributed by atoms with van der Waals surface area (Å²) >= 11 is 0. The van der Waals surface area contributed by atoms with Gasteiger partial charge in [0.15, 0.2) is 11.5 Å². The van der Waals surface area contributed by atoms with Crippen molar-refractivity contribution in [2.45, 2.75) is 26.4 Å². The Morgan fingerprint density at radius 2 is 1.72 bits per heavy atom. The maximum atomic E-state index is 13.7. The normalized spacial score (nSPS) is 11.0. The predicted octanol–water partition coefficient (Wildman–Crippen LogP) is 5.88. The van der Waals surface area contributed by atoms with Crippen LogP contribution in [0.25, 0.3) is 33.0 Å². The Bertz CT molecular complexity index is 1510. The summed E-state index contributed by atoms with van der Waals surface area (Å²) in [6, 6.07) is 17.4. The highest BCUT2D eigenvalue weighted by Crippen LogP contribution is 2.31. The number of nitrogens with zero attached hydrogens (tertiary/aromatic N) is 5. The van der Waals surface area contributed by atoms with Crippen LogP contribution in [0.1, 0.15) is 20.8 Å². The first-order chi connectivity index (χ1) is 17.2. The van der Waals surface area contributed by atoms with Gasteiger partial charge in [0.25, 0.3) is 5.56 Å². The number of carbonyl (C=O) groups excluding carboxylic acids is 1. The Hall–Kier alpha value is -4.77. The van der Waals surface area contributed by atoms with E-state index in [1.54, 1.807) is 107 Å². The van der Waals surface area contributed by atoms with Crippen molar-refractivity contribution in [3.05, 3.63) is 101 Å². The number of rotatable bonds is 4. The summed E-state index contributed by atoms with van der Waals surface area (Å²) in [5.41, 5.74) is 1.97. The van der Waals surface area contributed by atoms with E-state index in [-0.39, 0.29) is 5.56 Å². The lowest BCUT2D eigenvalue weighted by Crippen LogP contribution is -2.34. The lowest BCUT2D eigenvalue weighted by Gasteiger charge is -2.25. The van der Waals surface area contributed by atoms with Crippen LogP contribution in [-0.2, 0) is 4.74 Å². The van der Waals surface area contributed by atoms with Gasteiger partial charge in [0, 0.05) is 42.5 Å². The molecule has 0 fully saturated rings. The van der Waals surface area contributed by atoms with Gasteiger partial charge < -0.3 is 4.74 Å². The number of hydrogen-bond acceptors (Lipinski definition) is 5. The second-order valence-corrected chi connectivity index (χ2v) is 9.08. The van der Waals surface area contributed by atoms with E-state index in [1.807, 2.05) is 0 Å². The summed E-state index contributed by atoms with van der Waals surface area (Å²) < 4.78 is 6.96. The summed E-state index contributed by atoms with van der Waals surface area (Å²) in [4.78, 5) is 40.0. The number of pyridine rings is 1. The molecule has 2 aromatic carbocycles. The number of amides is 1. The fourth-order valence-electron chi connectivity index (χ4n) is 3.62. The summed E-state index contributed by atoms with van der Waals surface area (Å²) in [6.45, 7) is 13.0. The molecule has 0 aliphatic rings. The molecule has 1 amide bonds. The molecule has 0 bridgehead atoms. The molecule has 0 aliphatic carbocycles. The van der Waals surface area contributed by atoms with Crippen LogP contribution in [0, 0.1) is 6.57 Å². The van der Waals surface area contributed by atoms with Crippen molar-refractivity contribution < 1.29 is 9.53 Å². The molecule has 180 valence electrons. The van der Waals surface area contributed by atoms with Crippen LogP contribution in [0.4, 0.5) is 16.2 Å². The van der Waals surface area contributed by atoms with Gasteiger partial charge in [-0.1, -0.05) is 30.3 Å². The molecule has 8 nitrogen and oxygen atoms in total. The highest BCUT2D eigenvalue weighted by molar-refractivity contribution is 5.87. The molecule has 8 heteroatoms. The summed E-state index contributed by atoms with van der Waals surface area (Å²) in [5.74, 6) is 0.440. The summed E-state index contributed by atoms with van der Waals surface area (Å²) in [5, 5.41) is 0. The number of para-hydroxylation sites is 1. The van der Waals surface area contributed by atoms with Crippen molar-refractivity contribution in [2.75, 3.05) is 11.9 Å². The SMILES string of the molecule is [C-]#[N+]c1ccccc1-c1cc(-c2ncccn2)cn(-c2cccc(N(C)C(=O)OC(C)(C)C)c2)c1=O. The van der Waals surface area contributed by atoms with Crippen molar-refractivity contribution >= 4 is 17.5 Å². The van der Waals surface area contributed by atoms with Crippen LogP contribution in [0.5, 0.6) is 0 Å². The smallest absolute Gasteiger partial charge is 0.414 e. The zero-order valence-electron chi connectivity index (χ0n) is 20.5. The van der Waals surface area contributed by atoms with Gasteiger partial charge in [0.2, 0.25) is 0 Å². The van der Waals surface area contributed by atoms with Gasteiger partial charge >= 0.3 is 6.09 Å². The first-order valence-corrected chi connectivity index (χ1v) is 11.3. The van der Waals surface area contributed by atoms with Crippen LogP contribution in [0.3, 0.4) is 0 Å². The maximum absolute atomic E-state index is 13.7. The molecule has 0 saturated carbocycles. The Balaban J connectivity index is 1.89. The van der Waals surface area contributed by atoms with E-state index in [9.17, 15) is 9.59 Å². The second-order valence-electron chi connectivity index (χ2n) is 9.08. The van der Waals surface area contributed by atoms with E-state index in [2.05, 4.69) is 14.8 Å². The molecular weight excluding hydrogens is 454 g/mol. The van der Waals surface area contributed by atoms with E-state index in [4.69, 9.17) is 11.3 Å². The average Bonchev–Trinajstić information content (AvgIpc) is 2.88. The zero-order chi connectivity index (χ0) is 25.9. The molecule has 4 aromatic rings. The number of anilines is 1. The third-order valence-electron chi connectivity index (χ3n) is 5.32. The van der Waals surface area contributed by atoms with Crippen LogP contribution >= 0.6 is 0 Å². The van der Waals surface area contributed by atoms with Crippen molar-refractivity contribution in [2.24, 2.45) is 0 Å². The Morgan fingerprint density at radius 3 is 2.42 bits per heavy atom. The number of benzene rings is 2. The largest absolute Gasteiger partial charge is 0.443 e. The fourth-order valence-corrected chi connectivity index (χ4v) is 3.62. The van der Waals surface area contributed by atoms with Crippen LogP contribution in [-0.4, -0.2) is 33.3 Å². The Kier molecular flexibility index (Phi) is 6.66. The van der Waals surface area contributed by atoms with E-state index >= 15 is 0 Å². The minimum absolute atomic E-state index is 0.317. The summed E-state index contributed by atoms with van der Waals surface area (Å²) in [7, 11) is 1.61. The molecule has 0 unspecified atom stereocenters. The monoisotopic (exact) mass is 479 g/mol. The Morgan fingerprint density at radius 1 is 1.00 bits per heavy atom. The summed E-state index contributed by atoms with van der Waals surface area (Å²) in [6.07, 6.45) is 4.40. The molecule has 0 atom stereocenters. The van der Waals surface area contributed by atoms with Crippen molar-refractivity contribution in [3.63, 3.8) is 0 Å². The molecule has 0 aliphatic heterocycles. The highest BCUT2D eigenvalue weighted by Gasteiger charge is 2.21. The van der Waals surface area contributed by atoms with E-state index in [0.717, 1.165) is 0 Å². The van der Waals surface area contributed by atoms with E-state index in [0.29, 0.717) is 39.6 Å². The first-order valence-electron chi connectivity index (χ1n) is 11.3. The second kappa shape index (κ2) is 9.84. The average molecular weight is 480 g/mol. The number of aromatic nitrogens is 3. The Labute approximate surface area is 209 Å². The van der Waals surface area contributed by atoms with Crippen molar-refractivity contribution in [1.29, 1.82) is 0 Å². The van der Waals surface area contributed by atoms with Crippen LogP contribution in [0.15, 0.2) is 84.0 Å². The number of hydrogen-bond donors (Lipinski definition) is 0.